The van der Waals surface area contributed by atoms with Crippen molar-refractivity contribution in [2.24, 2.45) is 0 Å². The highest BCUT2D eigenvalue weighted by atomic mass is 16.3. The monoisotopic (exact) mass is 210 g/mol. The Balaban J connectivity index is 2.64. The van der Waals surface area contributed by atoms with Crippen molar-refractivity contribution in [3.05, 3.63) is 48.0 Å². The summed E-state index contributed by atoms with van der Waals surface area (Å²) in [7, 11) is 0. The summed E-state index contributed by atoms with van der Waals surface area (Å²) in [4.78, 5) is 0. The summed E-state index contributed by atoms with van der Waals surface area (Å²) in [6, 6.07) is 13.2. The average Bonchev–Trinajstić information content (AvgIpc) is 2.29. The predicted octanol–water partition coefficient (Wildman–Crippen LogP) is 2.65. The van der Waals surface area contributed by atoms with Gasteiger partial charge in [-0.05, 0) is 23.6 Å². The van der Waals surface area contributed by atoms with E-state index in [4.69, 9.17) is 15.6 Å². The van der Waals surface area contributed by atoms with Gasteiger partial charge in [0.25, 0.3) is 0 Å². The minimum absolute atomic E-state index is 0.175. The standard InChI is InChI=1S/C13H10N2O/c14-8-5-6-10-9-3-1-2-4-11(9)13(15)16-12(10)7-8/h1-7,15H,14H2. The minimum atomic E-state index is 0.175. The molecule has 0 atom stereocenters. The van der Waals surface area contributed by atoms with E-state index in [1.807, 2.05) is 36.4 Å². The van der Waals surface area contributed by atoms with Crippen molar-refractivity contribution in [3.63, 3.8) is 0 Å². The molecule has 0 aliphatic carbocycles. The van der Waals surface area contributed by atoms with Gasteiger partial charge < -0.3 is 10.2 Å². The molecule has 16 heavy (non-hydrogen) atoms. The molecule has 0 saturated heterocycles. The number of nitrogens with two attached hydrogens (primary N) is 1. The fourth-order valence-corrected chi connectivity index (χ4v) is 1.93. The highest BCUT2D eigenvalue weighted by molar-refractivity contribution is 6.04. The average molecular weight is 210 g/mol. The van der Waals surface area contributed by atoms with Crippen LogP contribution in [-0.4, -0.2) is 0 Å². The molecule has 3 nitrogen and oxygen atoms in total. The predicted molar refractivity (Wildman–Crippen MR) is 64.0 cm³/mol. The summed E-state index contributed by atoms with van der Waals surface area (Å²) >= 11 is 0. The van der Waals surface area contributed by atoms with Gasteiger partial charge in [0.1, 0.15) is 5.58 Å². The van der Waals surface area contributed by atoms with E-state index in [9.17, 15) is 0 Å². The van der Waals surface area contributed by atoms with Gasteiger partial charge in [-0.1, -0.05) is 18.2 Å². The van der Waals surface area contributed by atoms with E-state index in [1.165, 1.54) is 0 Å². The number of hydrogen-bond acceptors (Lipinski definition) is 3. The molecule has 3 aromatic rings. The lowest BCUT2D eigenvalue weighted by Crippen LogP contribution is -2.00. The molecule has 0 spiro atoms. The molecule has 0 fully saturated rings. The van der Waals surface area contributed by atoms with Crippen molar-refractivity contribution in [2.45, 2.75) is 0 Å². The molecule has 0 amide bonds. The molecule has 3 rings (SSSR count). The van der Waals surface area contributed by atoms with Gasteiger partial charge in [0.15, 0.2) is 0 Å². The molecule has 0 unspecified atom stereocenters. The minimum Gasteiger partial charge on any atom is -0.438 e. The van der Waals surface area contributed by atoms with E-state index in [1.54, 1.807) is 6.07 Å². The Kier molecular flexibility index (Phi) is 1.74. The third kappa shape index (κ3) is 1.18. The normalized spacial score (nSPS) is 11.0. The summed E-state index contributed by atoms with van der Waals surface area (Å²) in [6.07, 6.45) is 0. The van der Waals surface area contributed by atoms with Crippen molar-refractivity contribution >= 4 is 27.4 Å². The van der Waals surface area contributed by atoms with Crippen molar-refractivity contribution in [1.82, 2.24) is 0 Å². The molecular weight excluding hydrogens is 200 g/mol. The number of nitrogen functional groups attached to an aromatic ring is 1. The first-order valence-corrected chi connectivity index (χ1v) is 5.01. The number of rotatable bonds is 0. The van der Waals surface area contributed by atoms with E-state index in [2.05, 4.69) is 0 Å². The lowest BCUT2D eigenvalue weighted by atomic mass is 10.1. The molecule has 1 heterocycles. The largest absolute Gasteiger partial charge is 0.438 e. The summed E-state index contributed by atoms with van der Waals surface area (Å²) in [5.74, 6) is 0. The van der Waals surface area contributed by atoms with Crippen LogP contribution in [0.5, 0.6) is 0 Å². The first kappa shape index (κ1) is 8.97. The van der Waals surface area contributed by atoms with Gasteiger partial charge in [-0.2, -0.15) is 0 Å². The molecule has 2 aromatic carbocycles. The molecule has 0 aliphatic heterocycles. The number of hydrogen-bond donors (Lipinski definition) is 2. The van der Waals surface area contributed by atoms with Crippen LogP contribution in [0.3, 0.4) is 0 Å². The SMILES string of the molecule is N=c1oc2cc(N)ccc2c2ccccc12. The molecule has 78 valence electrons. The van der Waals surface area contributed by atoms with Crippen molar-refractivity contribution < 1.29 is 4.42 Å². The highest BCUT2D eigenvalue weighted by Crippen LogP contribution is 2.23. The van der Waals surface area contributed by atoms with Gasteiger partial charge in [0, 0.05) is 22.5 Å². The summed E-state index contributed by atoms with van der Waals surface area (Å²) < 4.78 is 5.44. The molecule has 0 saturated carbocycles. The summed E-state index contributed by atoms with van der Waals surface area (Å²) in [5, 5.41) is 10.6. The topological polar surface area (TPSA) is 63.0 Å². The molecular formula is C13H10N2O. The van der Waals surface area contributed by atoms with Crippen LogP contribution in [0.4, 0.5) is 5.69 Å². The Labute approximate surface area is 91.6 Å². The molecule has 1 aromatic heterocycles. The second-order valence-corrected chi connectivity index (χ2v) is 3.73. The summed E-state index contributed by atoms with van der Waals surface area (Å²) in [5.41, 5.74) is 7.17. The number of benzene rings is 2. The van der Waals surface area contributed by atoms with E-state index in [0.29, 0.717) is 11.3 Å². The van der Waals surface area contributed by atoms with Crippen LogP contribution in [0.15, 0.2) is 46.9 Å². The zero-order chi connectivity index (χ0) is 11.1. The van der Waals surface area contributed by atoms with E-state index >= 15 is 0 Å². The fraction of sp³-hybridized carbons (Fsp3) is 0. The lowest BCUT2D eigenvalue weighted by Gasteiger charge is -2.03. The second-order valence-electron chi connectivity index (χ2n) is 3.73. The van der Waals surface area contributed by atoms with Crippen LogP contribution in [0.1, 0.15) is 0 Å². The zero-order valence-corrected chi connectivity index (χ0v) is 8.53. The highest BCUT2D eigenvalue weighted by Gasteiger charge is 2.04. The lowest BCUT2D eigenvalue weighted by molar-refractivity contribution is 0.543. The van der Waals surface area contributed by atoms with Crippen LogP contribution in [-0.2, 0) is 0 Å². The fourth-order valence-electron chi connectivity index (χ4n) is 1.93. The molecule has 0 radical (unpaired) electrons. The molecule has 3 N–H and O–H groups in total. The van der Waals surface area contributed by atoms with Crippen LogP contribution in [0, 0.1) is 5.41 Å². The van der Waals surface area contributed by atoms with E-state index in [-0.39, 0.29) is 5.55 Å². The second kappa shape index (κ2) is 3.10. The van der Waals surface area contributed by atoms with E-state index < -0.39 is 0 Å². The Hall–Kier alpha value is -2.29. The molecule has 3 heteroatoms. The quantitative estimate of drug-likeness (QED) is 0.442. The van der Waals surface area contributed by atoms with Gasteiger partial charge in [-0.15, -0.1) is 0 Å². The van der Waals surface area contributed by atoms with Gasteiger partial charge in [0.05, 0.1) is 0 Å². The van der Waals surface area contributed by atoms with Crippen molar-refractivity contribution in [1.29, 1.82) is 5.41 Å². The smallest absolute Gasteiger partial charge is 0.219 e. The Morgan fingerprint density at radius 2 is 1.69 bits per heavy atom. The number of nitrogens with one attached hydrogen (secondary N) is 1. The maximum atomic E-state index is 7.81. The summed E-state index contributed by atoms with van der Waals surface area (Å²) in [6.45, 7) is 0. The molecule has 0 aliphatic rings. The third-order valence-electron chi connectivity index (χ3n) is 2.68. The maximum Gasteiger partial charge on any atom is 0.219 e. The van der Waals surface area contributed by atoms with Crippen LogP contribution in [0.25, 0.3) is 21.7 Å². The van der Waals surface area contributed by atoms with Gasteiger partial charge >= 0.3 is 0 Å². The van der Waals surface area contributed by atoms with Gasteiger partial charge in [-0.3, -0.25) is 5.41 Å². The Morgan fingerprint density at radius 1 is 0.938 bits per heavy atom. The first-order valence-electron chi connectivity index (χ1n) is 5.01. The van der Waals surface area contributed by atoms with Gasteiger partial charge in [-0.25, -0.2) is 0 Å². The number of anilines is 1. The number of fused-ring (bicyclic) bond motifs is 3. The van der Waals surface area contributed by atoms with E-state index in [0.717, 1.165) is 16.2 Å². The van der Waals surface area contributed by atoms with Crippen molar-refractivity contribution in [2.75, 3.05) is 5.73 Å². The Bertz CT molecular complexity index is 744. The molecule has 0 bridgehead atoms. The Morgan fingerprint density at radius 3 is 2.50 bits per heavy atom. The van der Waals surface area contributed by atoms with Crippen molar-refractivity contribution in [3.8, 4) is 0 Å². The van der Waals surface area contributed by atoms with Crippen LogP contribution in [0.2, 0.25) is 0 Å². The maximum absolute atomic E-state index is 7.81. The van der Waals surface area contributed by atoms with Crippen LogP contribution < -0.4 is 11.3 Å². The third-order valence-corrected chi connectivity index (χ3v) is 2.68. The zero-order valence-electron chi connectivity index (χ0n) is 8.53. The van der Waals surface area contributed by atoms with Gasteiger partial charge in [0.2, 0.25) is 5.55 Å². The first-order chi connectivity index (χ1) is 7.75. The van der Waals surface area contributed by atoms with Crippen LogP contribution >= 0.6 is 0 Å².